The molecule has 5 nitrogen and oxygen atoms in total. The molecule has 0 saturated carbocycles. The predicted octanol–water partition coefficient (Wildman–Crippen LogP) is 1.11. The molecule has 2 fully saturated rings. The van der Waals surface area contributed by atoms with E-state index in [4.69, 9.17) is 0 Å². The van der Waals surface area contributed by atoms with Crippen LogP contribution in [0.4, 0.5) is 0 Å². The van der Waals surface area contributed by atoms with Gasteiger partial charge in [0.25, 0.3) is 0 Å². The third-order valence-corrected chi connectivity index (χ3v) is 5.03. The Morgan fingerprint density at radius 1 is 1.45 bits per heavy atom. The summed E-state index contributed by atoms with van der Waals surface area (Å²) in [6, 6.07) is 5.07. The van der Waals surface area contributed by atoms with Crippen molar-refractivity contribution in [2.24, 2.45) is 5.92 Å². The first-order chi connectivity index (χ1) is 10.6. The van der Waals surface area contributed by atoms with E-state index >= 15 is 0 Å². The lowest BCUT2D eigenvalue weighted by Gasteiger charge is -2.33. The lowest BCUT2D eigenvalue weighted by Crippen LogP contribution is -2.50. The van der Waals surface area contributed by atoms with Crippen molar-refractivity contribution in [2.75, 3.05) is 20.1 Å². The van der Waals surface area contributed by atoms with Crippen LogP contribution in [-0.2, 0) is 11.3 Å². The van der Waals surface area contributed by atoms with E-state index < -0.39 is 0 Å². The number of pyridine rings is 1. The maximum Gasteiger partial charge on any atom is 0.237 e. The Morgan fingerprint density at radius 2 is 2.27 bits per heavy atom. The molecular weight excluding hydrogens is 276 g/mol. The molecule has 1 aromatic rings. The topological polar surface area (TPSA) is 48.5 Å². The van der Waals surface area contributed by atoms with Crippen LogP contribution >= 0.6 is 0 Å². The van der Waals surface area contributed by atoms with Gasteiger partial charge in [0.1, 0.15) is 0 Å². The van der Waals surface area contributed by atoms with Gasteiger partial charge >= 0.3 is 0 Å². The molecule has 3 rings (SSSR count). The van der Waals surface area contributed by atoms with Gasteiger partial charge in [-0.15, -0.1) is 0 Å². The van der Waals surface area contributed by atoms with Crippen LogP contribution < -0.4 is 5.32 Å². The van der Waals surface area contributed by atoms with E-state index in [9.17, 15) is 4.79 Å². The molecule has 22 heavy (non-hydrogen) atoms. The van der Waals surface area contributed by atoms with Crippen molar-refractivity contribution < 1.29 is 4.79 Å². The second kappa shape index (κ2) is 6.34. The van der Waals surface area contributed by atoms with Crippen LogP contribution in [0.5, 0.6) is 0 Å². The molecule has 2 aliphatic heterocycles. The number of amides is 1. The summed E-state index contributed by atoms with van der Waals surface area (Å²) < 4.78 is 0. The van der Waals surface area contributed by atoms with Crippen molar-refractivity contribution in [3.63, 3.8) is 0 Å². The maximum absolute atomic E-state index is 12.2. The lowest BCUT2D eigenvalue weighted by atomic mass is 10.0. The maximum atomic E-state index is 12.2. The quantitative estimate of drug-likeness (QED) is 0.905. The largest absolute Gasteiger partial charge is 0.358 e. The molecule has 2 saturated heterocycles. The third kappa shape index (κ3) is 2.88. The van der Waals surface area contributed by atoms with Crippen molar-refractivity contribution >= 4 is 5.91 Å². The predicted molar refractivity (Wildman–Crippen MR) is 86.2 cm³/mol. The van der Waals surface area contributed by atoms with E-state index in [0.717, 1.165) is 26.1 Å². The molecule has 0 aromatic carbocycles. The number of nitrogens with one attached hydrogen (secondary N) is 1. The fourth-order valence-corrected chi connectivity index (χ4v) is 4.18. The summed E-state index contributed by atoms with van der Waals surface area (Å²) in [6.07, 6.45) is 4.74. The van der Waals surface area contributed by atoms with E-state index in [0.29, 0.717) is 18.0 Å². The fraction of sp³-hybridized carbons (Fsp3) is 0.647. The van der Waals surface area contributed by atoms with Gasteiger partial charge in [0.15, 0.2) is 0 Å². The second-order valence-electron chi connectivity index (χ2n) is 6.79. The summed E-state index contributed by atoms with van der Waals surface area (Å²) in [4.78, 5) is 21.3. The van der Waals surface area contributed by atoms with Gasteiger partial charge in [0, 0.05) is 51.2 Å². The summed E-state index contributed by atoms with van der Waals surface area (Å²) in [5, 5.41) is 2.83. The second-order valence-corrected chi connectivity index (χ2v) is 6.79. The van der Waals surface area contributed by atoms with Crippen molar-refractivity contribution in [2.45, 2.75) is 44.9 Å². The Balaban J connectivity index is 1.68. The number of nitrogens with zero attached hydrogens (tertiary/aromatic N) is 3. The average molecular weight is 302 g/mol. The van der Waals surface area contributed by atoms with Gasteiger partial charge in [0.05, 0.1) is 6.04 Å². The number of fused-ring (bicyclic) bond motifs is 1. The molecule has 120 valence electrons. The van der Waals surface area contributed by atoms with Crippen molar-refractivity contribution in [3.05, 3.63) is 30.1 Å². The van der Waals surface area contributed by atoms with Crippen LogP contribution in [0.1, 0.15) is 25.8 Å². The van der Waals surface area contributed by atoms with E-state index in [-0.39, 0.29) is 11.9 Å². The van der Waals surface area contributed by atoms with Crippen LogP contribution in [0.2, 0.25) is 0 Å². The van der Waals surface area contributed by atoms with Crippen LogP contribution in [0.3, 0.4) is 0 Å². The molecule has 1 amide bonds. The third-order valence-electron chi connectivity index (χ3n) is 5.03. The Kier molecular flexibility index (Phi) is 4.45. The van der Waals surface area contributed by atoms with E-state index in [2.05, 4.69) is 40.0 Å². The molecule has 3 atom stereocenters. The zero-order chi connectivity index (χ0) is 15.7. The van der Waals surface area contributed by atoms with Crippen molar-refractivity contribution in [1.82, 2.24) is 20.1 Å². The number of aromatic nitrogens is 1. The summed E-state index contributed by atoms with van der Waals surface area (Å²) in [5.41, 5.74) is 1.27. The number of likely N-dealkylation sites (tertiary alicyclic amines) is 2. The monoisotopic (exact) mass is 302 g/mol. The smallest absolute Gasteiger partial charge is 0.237 e. The van der Waals surface area contributed by atoms with Crippen molar-refractivity contribution in [3.8, 4) is 0 Å². The summed E-state index contributed by atoms with van der Waals surface area (Å²) in [7, 11) is 1.74. The molecule has 0 aliphatic carbocycles. The zero-order valence-corrected chi connectivity index (χ0v) is 13.7. The number of rotatable bonds is 4. The van der Waals surface area contributed by atoms with Crippen molar-refractivity contribution in [1.29, 1.82) is 0 Å². The minimum Gasteiger partial charge on any atom is -0.358 e. The molecule has 0 unspecified atom stereocenters. The molecule has 0 radical (unpaired) electrons. The van der Waals surface area contributed by atoms with E-state index in [1.54, 1.807) is 7.05 Å². The summed E-state index contributed by atoms with van der Waals surface area (Å²) in [6.45, 7) is 7.48. The fourth-order valence-electron chi connectivity index (χ4n) is 4.18. The van der Waals surface area contributed by atoms with E-state index in [1.165, 1.54) is 5.56 Å². The standard InChI is InChI=1S/C17H26N4O/c1-12(2)21-15(17(22)18-3)7-14-10-20(11-16(14)21)9-13-5-4-6-19-8-13/h4-6,8,12,14-16H,7,9-11H2,1-3H3,(H,18,22)/t14-,15-,16+/m0/s1. The minimum atomic E-state index is 0.0422. The van der Waals surface area contributed by atoms with Crippen LogP contribution in [-0.4, -0.2) is 59.0 Å². The highest BCUT2D eigenvalue weighted by Crippen LogP contribution is 2.37. The Hall–Kier alpha value is -1.46. The molecule has 1 N–H and O–H groups in total. The summed E-state index contributed by atoms with van der Waals surface area (Å²) in [5.74, 6) is 0.767. The molecule has 1 aromatic heterocycles. The number of hydrogen-bond donors (Lipinski definition) is 1. The number of hydrogen-bond acceptors (Lipinski definition) is 4. The van der Waals surface area contributed by atoms with Crippen LogP contribution in [0, 0.1) is 5.92 Å². The van der Waals surface area contributed by atoms with Crippen LogP contribution in [0.25, 0.3) is 0 Å². The summed E-state index contributed by atoms with van der Waals surface area (Å²) >= 11 is 0. The first-order valence-corrected chi connectivity index (χ1v) is 8.20. The van der Waals surface area contributed by atoms with Gasteiger partial charge in [0.2, 0.25) is 5.91 Å². The molecule has 3 heterocycles. The first-order valence-electron chi connectivity index (χ1n) is 8.20. The van der Waals surface area contributed by atoms with Gasteiger partial charge in [-0.1, -0.05) is 6.07 Å². The number of carbonyl (C=O) groups excluding carboxylic acids is 1. The first kappa shape index (κ1) is 15.4. The van der Waals surface area contributed by atoms with E-state index in [1.807, 2.05) is 18.5 Å². The van der Waals surface area contributed by atoms with Gasteiger partial charge in [-0.05, 0) is 37.8 Å². The van der Waals surface area contributed by atoms with Gasteiger partial charge in [-0.3, -0.25) is 19.6 Å². The Morgan fingerprint density at radius 3 is 2.91 bits per heavy atom. The Bertz CT molecular complexity index is 519. The zero-order valence-electron chi connectivity index (χ0n) is 13.7. The molecular formula is C17H26N4O. The van der Waals surface area contributed by atoms with Crippen LogP contribution in [0.15, 0.2) is 24.5 Å². The Labute approximate surface area is 132 Å². The highest BCUT2D eigenvalue weighted by molar-refractivity contribution is 5.82. The molecule has 2 aliphatic rings. The minimum absolute atomic E-state index is 0.0422. The highest BCUT2D eigenvalue weighted by atomic mass is 16.2. The van der Waals surface area contributed by atoms with Gasteiger partial charge < -0.3 is 5.32 Å². The normalized spacial score (nSPS) is 29.0. The molecule has 0 spiro atoms. The lowest BCUT2D eigenvalue weighted by molar-refractivity contribution is -0.126. The highest BCUT2D eigenvalue weighted by Gasteiger charge is 2.49. The average Bonchev–Trinajstić information content (AvgIpc) is 3.03. The molecule has 0 bridgehead atoms. The number of likely N-dealkylation sites (N-methyl/N-ethyl adjacent to an activating group) is 1. The SMILES string of the molecule is CNC(=O)[C@@H]1C[C@H]2CN(Cc3cccnc3)C[C@H]2N1C(C)C. The van der Waals surface area contributed by atoms with Gasteiger partial charge in [-0.25, -0.2) is 0 Å². The molecule has 5 heteroatoms. The number of carbonyl (C=O) groups is 1. The van der Waals surface area contributed by atoms with Gasteiger partial charge in [-0.2, -0.15) is 0 Å².